The zero-order chi connectivity index (χ0) is 15.4. The molecular weight excluding hydrogens is 290 g/mol. The first-order valence-corrected chi connectivity index (χ1v) is 7.54. The molecule has 114 valence electrons. The lowest BCUT2D eigenvalue weighted by atomic mass is 10.3. The third-order valence-electron chi connectivity index (χ3n) is 3.10. The van der Waals surface area contributed by atoms with Crippen molar-refractivity contribution in [3.05, 3.63) is 24.0 Å². The number of likely N-dealkylation sites (N-methyl/N-ethyl adjacent to an activating group) is 1. The summed E-state index contributed by atoms with van der Waals surface area (Å²) in [7, 11) is 0. The highest BCUT2D eigenvalue weighted by molar-refractivity contribution is 6.20. The lowest BCUT2D eigenvalue weighted by Crippen LogP contribution is -2.27. The van der Waals surface area contributed by atoms with E-state index in [2.05, 4.69) is 10.3 Å². The molecule has 0 bridgehead atoms. The first kappa shape index (κ1) is 15.6. The third kappa shape index (κ3) is 3.29. The second kappa shape index (κ2) is 6.80. The molecule has 1 atom stereocenters. The van der Waals surface area contributed by atoms with Gasteiger partial charge in [0.1, 0.15) is 23.6 Å². The first-order chi connectivity index (χ1) is 10.1. The summed E-state index contributed by atoms with van der Waals surface area (Å²) in [4.78, 5) is 16.5. The minimum Gasteiger partial charge on any atom is -0.492 e. The average molecular weight is 310 g/mol. The van der Waals surface area contributed by atoms with Crippen molar-refractivity contribution in [1.29, 1.82) is 0 Å². The summed E-state index contributed by atoms with van der Waals surface area (Å²) in [5.74, 6) is 1.32. The number of benzene rings is 1. The Morgan fingerprint density at radius 1 is 1.48 bits per heavy atom. The van der Waals surface area contributed by atoms with E-state index in [9.17, 15) is 4.79 Å². The van der Waals surface area contributed by atoms with Crippen molar-refractivity contribution < 1.29 is 9.53 Å². The summed E-state index contributed by atoms with van der Waals surface area (Å²) in [5, 5.41) is 2.50. The molecule has 1 unspecified atom stereocenters. The van der Waals surface area contributed by atoms with Crippen LogP contribution in [0.5, 0.6) is 5.75 Å². The Bertz CT molecular complexity index is 637. The number of halogens is 1. The smallest absolute Gasteiger partial charge is 0.239 e. The predicted octanol–water partition coefficient (Wildman–Crippen LogP) is 2.87. The van der Waals surface area contributed by atoms with Gasteiger partial charge in [-0.1, -0.05) is 6.07 Å². The molecule has 0 aliphatic carbocycles. The van der Waals surface area contributed by atoms with Crippen LogP contribution in [0.4, 0.5) is 0 Å². The largest absolute Gasteiger partial charge is 0.492 e. The number of hydrogen-bond donors (Lipinski definition) is 1. The van der Waals surface area contributed by atoms with E-state index in [1.54, 1.807) is 0 Å². The third-order valence-corrected chi connectivity index (χ3v) is 3.30. The molecule has 21 heavy (non-hydrogen) atoms. The summed E-state index contributed by atoms with van der Waals surface area (Å²) >= 11 is 6.21. The van der Waals surface area contributed by atoms with Crippen LogP contribution < -0.4 is 10.1 Å². The standard InChI is InChI=1S/C15H20ClN3O2/c1-4-17-13(20)9-19-11-7-6-8-12(21-5-2)14(11)18-15(19)10(3)16/h6-8,10H,4-5,9H2,1-3H3,(H,17,20). The number of fused-ring (bicyclic) bond motifs is 1. The topological polar surface area (TPSA) is 56.2 Å². The molecule has 0 saturated carbocycles. The van der Waals surface area contributed by atoms with E-state index < -0.39 is 0 Å². The van der Waals surface area contributed by atoms with Crippen LogP contribution in [-0.4, -0.2) is 28.6 Å². The highest BCUT2D eigenvalue weighted by atomic mass is 35.5. The van der Waals surface area contributed by atoms with Gasteiger partial charge >= 0.3 is 0 Å². The quantitative estimate of drug-likeness (QED) is 0.835. The van der Waals surface area contributed by atoms with E-state index in [-0.39, 0.29) is 17.8 Å². The highest BCUT2D eigenvalue weighted by Crippen LogP contribution is 2.30. The molecule has 1 aromatic heterocycles. The number of alkyl halides is 1. The van der Waals surface area contributed by atoms with Gasteiger partial charge in [-0.3, -0.25) is 4.79 Å². The number of ether oxygens (including phenoxy) is 1. The van der Waals surface area contributed by atoms with Crippen molar-refractivity contribution in [2.45, 2.75) is 32.7 Å². The van der Waals surface area contributed by atoms with Crippen molar-refractivity contribution >= 4 is 28.5 Å². The lowest BCUT2D eigenvalue weighted by molar-refractivity contribution is -0.121. The zero-order valence-corrected chi connectivity index (χ0v) is 13.3. The van der Waals surface area contributed by atoms with Crippen LogP contribution in [0.25, 0.3) is 11.0 Å². The van der Waals surface area contributed by atoms with Gasteiger partial charge in [0.05, 0.1) is 17.5 Å². The molecule has 0 aliphatic rings. The van der Waals surface area contributed by atoms with Crippen LogP contribution in [0, 0.1) is 0 Å². The lowest BCUT2D eigenvalue weighted by Gasteiger charge is -2.10. The van der Waals surface area contributed by atoms with Crippen LogP contribution in [0.1, 0.15) is 32.0 Å². The Balaban J connectivity index is 2.52. The summed E-state index contributed by atoms with van der Waals surface area (Å²) in [6, 6.07) is 5.69. The Morgan fingerprint density at radius 2 is 2.24 bits per heavy atom. The normalized spacial score (nSPS) is 12.4. The van der Waals surface area contributed by atoms with E-state index in [0.717, 1.165) is 11.0 Å². The molecule has 2 aromatic rings. The number of nitrogens with one attached hydrogen (secondary N) is 1. The predicted molar refractivity (Wildman–Crippen MR) is 83.9 cm³/mol. The van der Waals surface area contributed by atoms with E-state index in [0.29, 0.717) is 24.7 Å². The van der Waals surface area contributed by atoms with Crippen molar-refractivity contribution in [3.8, 4) is 5.75 Å². The molecular formula is C15H20ClN3O2. The van der Waals surface area contributed by atoms with E-state index in [1.807, 2.05) is 43.5 Å². The van der Waals surface area contributed by atoms with E-state index in [4.69, 9.17) is 16.3 Å². The van der Waals surface area contributed by atoms with Gasteiger partial charge in [0.25, 0.3) is 0 Å². The fourth-order valence-electron chi connectivity index (χ4n) is 2.28. The number of hydrogen-bond acceptors (Lipinski definition) is 3. The minimum atomic E-state index is -0.290. The maximum absolute atomic E-state index is 11.9. The van der Waals surface area contributed by atoms with Crippen molar-refractivity contribution in [2.75, 3.05) is 13.2 Å². The SMILES string of the molecule is CCNC(=O)Cn1c(C(C)Cl)nc2c(OCC)cccc21. The number of carbonyl (C=O) groups is 1. The molecule has 0 radical (unpaired) electrons. The second-order valence-electron chi connectivity index (χ2n) is 4.68. The van der Waals surface area contributed by atoms with Crippen LogP contribution in [-0.2, 0) is 11.3 Å². The monoisotopic (exact) mass is 309 g/mol. The maximum atomic E-state index is 11.9. The van der Waals surface area contributed by atoms with Crippen molar-refractivity contribution in [1.82, 2.24) is 14.9 Å². The molecule has 0 saturated heterocycles. The summed E-state index contributed by atoms with van der Waals surface area (Å²) in [5.41, 5.74) is 1.60. The summed E-state index contributed by atoms with van der Waals surface area (Å²) in [6.45, 7) is 7.02. The van der Waals surface area contributed by atoms with Gasteiger partial charge in [-0.15, -0.1) is 11.6 Å². The summed E-state index contributed by atoms with van der Waals surface area (Å²) in [6.07, 6.45) is 0. The molecule has 0 fully saturated rings. The fraction of sp³-hybridized carbons (Fsp3) is 0.467. The van der Waals surface area contributed by atoms with Gasteiger partial charge in [-0.05, 0) is 32.9 Å². The second-order valence-corrected chi connectivity index (χ2v) is 5.34. The van der Waals surface area contributed by atoms with Gasteiger partial charge in [-0.2, -0.15) is 0 Å². The van der Waals surface area contributed by atoms with Gasteiger partial charge in [0.2, 0.25) is 5.91 Å². The van der Waals surface area contributed by atoms with Crippen molar-refractivity contribution in [2.24, 2.45) is 0 Å². The summed E-state index contributed by atoms with van der Waals surface area (Å²) < 4.78 is 7.45. The number of para-hydroxylation sites is 1. The van der Waals surface area contributed by atoms with Crippen LogP contribution in [0.2, 0.25) is 0 Å². The molecule has 6 heteroatoms. The molecule has 0 aliphatic heterocycles. The number of amides is 1. The van der Waals surface area contributed by atoms with Gasteiger partial charge in [0, 0.05) is 6.54 Å². The average Bonchev–Trinajstić information content (AvgIpc) is 2.80. The molecule has 1 aromatic carbocycles. The number of carbonyl (C=O) groups excluding carboxylic acids is 1. The van der Waals surface area contributed by atoms with Gasteiger partial charge < -0.3 is 14.6 Å². The van der Waals surface area contributed by atoms with Crippen LogP contribution in [0.15, 0.2) is 18.2 Å². The van der Waals surface area contributed by atoms with E-state index in [1.165, 1.54) is 0 Å². The van der Waals surface area contributed by atoms with Crippen LogP contribution >= 0.6 is 11.6 Å². The molecule has 1 heterocycles. The first-order valence-electron chi connectivity index (χ1n) is 7.11. The number of aromatic nitrogens is 2. The molecule has 1 amide bonds. The molecule has 1 N–H and O–H groups in total. The number of rotatable bonds is 6. The zero-order valence-electron chi connectivity index (χ0n) is 12.5. The van der Waals surface area contributed by atoms with E-state index >= 15 is 0 Å². The highest BCUT2D eigenvalue weighted by Gasteiger charge is 2.19. The molecule has 5 nitrogen and oxygen atoms in total. The van der Waals surface area contributed by atoms with Crippen LogP contribution in [0.3, 0.4) is 0 Å². The van der Waals surface area contributed by atoms with Gasteiger partial charge in [-0.25, -0.2) is 4.98 Å². The molecule has 0 spiro atoms. The Hall–Kier alpha value is -1.75. The molecule has 2 rings (SSSR count). The minimum absolute atomic E-state index is 0.0582. The Kier molecular flexibility index (Phi) is 5.07. The maximum Gasteiger partial charge on any atom is 0.239 e. The number of nitrogens with zero attached hydrogens (tertiary/aromatic N) is 2. The van der Waals surface area contributed by atoms with Gasteiger partial charge in [0.15, 0.2) is 0 Å². The van der Waals surface area contributed by atoms with Crippen molar-refractivity contribution in [3.63, 3.8) is 0 Å². The fourth-order valence-corrected chi connectivity index (χ4v) is 2.44. The Morgan fingerprint density at radius 3 is 2.86 bits per heavy atom. The Labute approximate surface area is 129 Å². The number of imidazole rings is 1.